The standard InChI is InChI=1S/C12H19N5O2/c1-8-5-3-4-6-9(8)16-12-10(17(18)19)11(13-2)14-7-15-12/h7-9H,3-6H2,1-2H3,(H2,13,14,15,16)/t8-,9-/m1/s1. The Bertz CT molecular complexity index is 465. The molecule has 2 rings (SSSR count). The lowest BCUT2D eigenvalue weighted by atomic mass is 9.86. The van der Waals surface area contributed by atoms with Crippen molar-refractivity contribution in [2.45, 2.75) is 38.6 Å². The summed E-state index contributed by atoms with van der Waals surface area (Å²) in [4.78, 5) is 18.6. The lowest BCUT2D eigenvalue weighted by molar-refractivity contribution is -0.383. The largest absolute Gasteiger partial charge is 0.367 e. The van der Waals surface area contributed by atoms with E-state index in [9.17, 15) is 10.1 Å². The molecule has 1 heterocycles. The van der Waals surface area contributed by atoms with Gasteiger partial charge in [-0.2, -0.15) is 0 Å². The zero-order chi connectivity index (χ0) is 13.8. The summed E-state index contributed by atoms with van der Waals surface area (Å²) in [6, 6.07) is 0.243. The second-order valence-corrected chi connectivity index (χ2v) is 4.94. The first-order valence-electron chi connectivity index (χ1n) is 6.57. The van der Waals surface area contributed by atoms with Crippen molar-refractivity contribution < 1.29 is 4.92 Å². The Hall–Kier alpha value is -1.92. The first kappa shape index (κ1) is 13.5. The van der Waals surface area contributed by atoms with E-state index in [1.165, 1.54) is 12.7 Å². The summed E-state index contributed by atoms with van der Waals surface area (Å²) in [6.45, 7) is 2.17. The van der Waals surface area contributed by atoms with Gasteiger partial charge in [0.15, 0.2) is 0 Å². The minimum Gasteiger partial charge on any atom is -0.367 e. The van der Waals surface area contributed by atoms with Gasteiger partial charge in [-0.15, -0.1) is 0 Å². The van der Waals surface area contributed by atoms with E-state index in [1.807, 2.05) is 0 Å². The fourth-order valence-electron chi connectivity index (χ4n) is 2.55. The summed E-state index contributed by atoms with van der Waals surface area (Å²) in [6.07, 6.45) is 5.90. The molecule has 19 heavy (non-hydrogen) atoms. The van der Waals surface area contributed by atoms with E-state index in [1.54, 1.807) is 7.05 Å². The van der Waals surface area contributed by atoms with Crippen molar-refractivity contribution in [3.8, 4) is 0 Å². The molecule has 104 valence electrons. The van der Waals surface area contributed by atoms with Crippen LogP contribution in [0.1, 0.15) is 32.6 Å². The summed E-state index contributed by atoms with van der Waals surface area (Å²) in [7, 11) is 1.61. The Balaban J connectivity index is 2.26. The molecule has 1 aromatic heterocycles. The van der Waals surface area contributed by atoms with Crippen molar-refractivity contribution in [3.05, 3.63) is 16.4 Å². The molecule has 0 spiro atoms. The fraction of sp³-hybridized carbons (Fsp3) is 0.667. The van der Waals surface area contributed by atoms with Crippen molar-refractivity contribution in [2.24, 2.45) is 5.92 Å². The van der Waals surface area contributed by atoms with Gasteiger partial charge in [0.2, 0.25) is 11.6 Å². The summed E-state index contributed by atoms with van der Waals surface area (Å²) in [5, 5.41) is 17.1. The minimum atomic E-state index is -0.443. The van der Waals surface area contributed by atoms with Crippen molar-refractivity contribution in [1.82, 2.24) is 9.97 Å². The lowest BCUT2D eigenvalue weighted by Gasteiger charge is -2.29. The molecule has 1 fully saturated rings. The molecule has 0 amide bonds. The molecule has 0 saturated heterocycles. The van der Waals surface area contributed by atoms with E-state index in [0.29, 0.717) is 11.7 Å². The number of hydrogen-bond donors (Lipinski definition) is 2. The first-order valence-corrected chi connectivity index (χ1v) is 6.57. The quantitative estimate of drug-likeness (QED) is 0.641. The molecule has 7 heteroatoms. The number of nitrogens with zero attached hydrogens (tertiary/aromatic N) is 3. The van der Waals surface area contributed by atoms with E-state index in [2.05, 4.69) is 27.5 Å². The molecule has 2 N–H and O–H groups in total. The van der Waals surface area contributed by atoms with Crippen LogP contribution in [0.5, 0.6) is 0 Å². The van der Waals surface area contributed by atoms with Crippen molar-refractivity contribution >= 4 is 17.3 Å². The Kier molecular flexibility index (Phi) is 4.13. The van der Waals surface area contributed by atoms with E-state index >= 15 is 0 Å². The third-order valence-corrected chi connectivity index (χ3v) is 3.68. The molecule has 0 aliphatic heterocycles. The molecule has 0 bridgehead atoms. The average Bonchev–Trinajstić information content (AvgIpc) is 2.40. The average molecular weight is 265 g/mol. The number of rotatable bonds is 4. The highest BCUT2D eigenvalue weighted by Crippen LogP contribution is 2.32. The van der Waals surface area contributed by atoms with Crippen LogP contribution in [0.2, 0.25) is 0 Å². The van der Waals surface area contributed by atoms with Gasteiger partial charge in [-0.3, -0.25) is 10.1 Å². The van der Waals surface area contributed by atoms with Crippen LogP contribution in [0.3, 0.4) is 0 Å². The highest BCUT2D eigenvalue weighted by molar-refractivity contribution is 5.69. The Morgan fingerprint density at radius 2 is 2.00 bits per heavy atom. The Labute approximate surface area is 112 Å². The van der Waals surface area contributed by atoms with Gasteiger partial charge in [0, 0.05) is 13.1 Å². The summed E-state index contributed by atoms with van der Waals surface area (Å²) >= 11 is 0. The molecule has 1 aromatic rings. The molecule has 1 aliphatic carbocycles. The zero-order valence-electron chi connectivity index (χ0n) is 11.2. The van der Waals surface area contributed by atoms with Gasteiger partial charge in [-0.25, -0.2) is 9.97 Å². The molecular weight excluding hydrogens is 246 g/mol. The smallest absolute Gasteiger partial charge is 0.353 e. The van der Waals surface area contributed by atoms with Gasteiger partial charge < -0.3 is 10.6 Å². The molecular formula is C12H19N5O2. The second kappa shape index (κ2) is 5.81. The van der Waals surface area contributed by atoms with E-state index in [-0.39, 0.29) is 17.5 Å². The molecule has 2 atom stereocenters. The maximum Gasteiger partial charge on any atom is 0.353 e. The summed E-state index contributed by atoms with van der Waals surface area (Å²) in [5.74, 6) is 1.05. The van der Waals surface area contributed by atoms with Crippen molar-refractivity contribution in [3.63, 3.8) is 0 Å². The van der Waals surface area contributed by atoms with Crippen LogP contribution in [0, 0.1) is 16.0 Å². The normalized spacial score (nSPS) is 22.8. The lowest BCUT2D eigenvalue weighted by Crippen LogP contribution is -2.31. The molecule has 0 radical (unpaired) electrons. The van der Waals surface area contributed by atoms with E-state index in [0.717, 1.165) is 19.3 Å². The number of hydrogen-bond acceptors (Lipinski definition) is 6. The number of nitrogens with one attached hydrogen (secondary N) is 2. The third-order valence-electron chi connectivity index (χ3n) is 3.68. The van der Waals surface area contributed by atoms with Crippen LogP contribution in [0.25, 0.3) is 0 Å². The Morgan fingerprint density at radius 1 is 1.32 bits per heavy atom. The number of aromatic nitrogens is 2. The van der Waals surface area contributed by atoms with Crippen LogP contribution in [-0.4, -0.2) is 28.0 Å². The van der Waals surface area contributed by atoms with E-state index < -0.39 is 4.92 Å². The van der Waals surface area contributed by atoms with Gasteiger partial charge in [0.1, 0.15) is 6.33 Å². The minimum absolute atomic E-state index is 0.0808. The highest BCUT2D eigenvalue weighted by Gasteiger charge is 2.27. The van der Waals surface area contributed by atoms with E-state index in [4.69, 9.17) is 0 Å². The SMILES string of the molecule is CNc1ncnc(N[C@@H]2CCCC[C@H]2C)c1[N+](=O)[O-]. The van der Waals surface area contributed by atoms with Gasteiger partial charge in [-0.05, 0) is 18.8 Å². The van der Waals surface area contributed by atoms with Gasteiger partial charge in [0.05, 0.1) is 4.92 Å². The topological polar surface area (TPSA) is 93.0 Å². The van der Waals surface area contributed by atoms with Crippen LogP contribution in [-0.2, 0) is 0 Å². The fourth-order valence-corrected chi connectivity index (χ4v) is 2.55. The third kappa shape index (κ3) is 2.91. The maximum atomic E-state index is 11.2. The molecule has 7 nitrogen and oxygen atoms in total. The van der Waals surface area contributed by atoms with Crippen LogP contribution in [0.4, 0.5) is 17.3 Å². The summed E-state index contributed by atoms with van der Waals surface area (Å²) in [5.41, 5.74) is -0.0808. The van der Waals surface area contributed by atoms with Crippen molar-refractivity contribution in [1.29, 1.82) is 0 Å². The van der Waals surface area contributed by atoms with Gasteiger partial charge in [-0.1, -0.05) is 19.8 Å². The van der Waals surface area contributed by atoms with Gasteiger partial charge in [0.25, 0.3) is 0 Å². The number of nitro groups is 1. The monoisotopic (exact) mass is 265 g/mol. The summed E-state index contributed by atoms with van der Waals surface area (Å²) < 4.78 is 0. The van der Waals surface area contributed by atoms with Gasteiger partial charge >= 0.3 is 5.69 Å². The highest BCUT2D eigenvalue weighted by atomic mass is 16.6. The predicted octanol–water partition coefficient (Wildman–Crippen LogP) is 2.42. The Morgan fingerprint density at radius 3 is 2.63 bits per heavy atom. The van der Waals surface area contributed by atoms with Crippen LogP contribution < -0.4 is 10.6 Å². The first-order chi connectivity index (χ1) is 9.13. The predicted molar refractivity (Wildman–Crippen MR) is 73.3 cm³/mol. The molecule has 1 aliphatic rings. The van der Waals surface area contributed by atoms with Crippen molar-refractivity contribution in [2.75, 3.05) is 17.7 Å². The molecule has 0 aromatic carbocycles. The second-order valence-electron chi connectivity index (χ2n) is 4.94. The maximum absolute atomic E-state index is 11.2. The van der Waals surface area contributed by atoms with Crippen LogP contribution in [0.15, 0.2) is 6.33 Å². The van der Waals surface area contributed by atoms with Crippen LogP contribution >= 0.6 is 0 Å². The zero-order valence-corrected chi connectivity index (χ0v) is 11.2. The molecule has 1 saturated carbocycles. The number of anilines is 2. The molecule has 0 unspecified atom stereocenters.